The highest BCUT2D eigenvalue weighted by Gasteiger charge is 2.51. The summed E-state index contributed by atoms with van der Waals surface area (Å²) >= 11 is 0. The number of allylic oxidation sites excluding steroid dienone is 2. The van der Waals surface area contributed by atoms with Crippen LogP contribution in [0.25, 0.3) is 0 Å². The van der Waals surface area contributed by atoms with Crippen molar-refractivity contribution in [3.63, 3.8) is 0 Å². The predicted octanol–water partition coefficient (Wildman–Crippen LogP) is -3.78. The van der Waals surface area contributed by atoms with E-state index in [9.17, 15) is 75.3 Å². The average Bonchev–Trinajstić information content (AvgIpc) is 3.40. The lowest BCUT2D eigenvalue weighted by Crippen LogP contribution is -2.61. The molecular weight excluding hydrogens is 1010 g/mol. The molecule has 5 aliphatic rings. The lowest BCUT2D eigenvalue weighted by atomic mass is 9.86. The summed E-state index contributed by atoms with van der Waals surface area (Å²) in [7, 11) is 2.14. The third kappa shape index (κ3) is 13.7. The highest BCUT2D eigenvalue weighted by Crippen LogP contribution is 2.39. The molecule has 3 fully saturated rings. The minimum Gasteiger partial charge on any atom is -0.508 e. The molecule has 75 heavy (non-hydrogen) atoms. The van der Waals surface area contributed by atoms with Crippen LogP contribution in [0.5, 0.6) is 5.75 Å². The lowest BCUT2D eigenvalue weighted by molar-refractivity contribution is -0.327. The van der Waals surface area contributed by atoms with Gasteiger partial charge in [-0.25, -0.2) is 9.59 Å². The minimum absolute atomic E-state index is 0.00290. The molecule has 19 atom stereocenters. The lowest BCUT2D eigenvalue weighted by Gasteiger charge is -2.42. The summed E-state index contributed by atoms with van der Waals surface area (Å²) < 4.78 is 66.8. The normalized spacial score (nSPS) is 37.1. The summed E-state index contributed by atoms with van der Waals surface area (Å²) in [6, 6.07) is 6.08. The quantitative estimate of drug-likeness (QED) is 0.0360. The fraction of sp³-hybridized carbons (Fsp3) is 0.625. The van der Waals surface area contributed by atoms with E-state index in [1.807, 2.05) is 0 Å². The molecule has 11 N–H and O–H groups in total. The molecular formula is C48H64O27. The standard InChI is InChI=1S/C48H64O27/c1-5-22-24(26(42(62)64-3)17-68-44(22)74-46-39(60)36(57)33(54)28(15-49)70-46)13-31(52)67-19-30-35(56)38(59)41(48(72-30)66-12-11-20-7-9-21(51)10-8-20)73-32(53)14-25-23(6-2)45(69-18-27(25)43(63)65-4)75-47-40(61)37(58)34(55)29(16-50)71-47/h5-10,17-18,24-25,28-30,33-41,44-51,54-61H,11-16,19H2,1-4H3/t24-,25-,28+,29+,30+,33+,34+,35+,36-,37-,38-,39+,40+,41+,44-,45-,46-,47-,48+/m0/s1. The number of methoxy groups -OCH3 is 2. The van der Waals surface area contributed by atoms with Gasteiger partial charge in [-0.1, -0.05) is 24.3 Å². The molecule has 27 heteroatoms. The van der Waals surface area contributed by atoms with Crippen molar-refractivity contribution in [2.45, 2.75) is 138 Å². The van der Waals surface area contributed by atoms with Gasteiger partial charge in [0.05, 0.1) is 70.6 Å². The van der Waals surface area contributed by atoms with Gasteiger partial charge in [0, 0.05) is 23.0 Å². The molecule has 27 nitrogen and oxygen atoms in total. The zero-order valence-corrected chi connectivity index (χ0v) is 41.0. The molecule has 3 saturated heterocycles. The van der Waals surface area contributed by atoms with Crippen molar-refractivity contribution >= 4 is 23.9 Å². The third-order valence-corrected chi connectivity index (χ3v) is 13.1. The molecule has 5 heterocycles. The van der Waals surface area contributed by atoms with Crippen molar-refractivity contribution < 1.29 is 132 Å². The number of benzene rings is 1. The highest BCUT2D eigenvalue weighted by molar-refractivity contribution is 5.91. The maximum Gasteiger partial charge on any atom is 0.337 e. The van der Waals surface area contributed by atoms with E-state index in [1.54, 1.807) is 12.1 Å². The van der Waals surface area contributed by atoms with E-state index < -0.39 is 173 Å². The number of carbonyl (C=O) groups is 4. The van der Waals surface area contributed by atoms with E-state index in [0.717, 1.165) is 26.7 Å². The van der Waals surface area contributed by atoms with Crippen molar-refractivity contribution in [2.24, 2.45) is 11.8 Å². The maximum atomic E-state index is 14.0. The van der Waals surface area contributed by atoms with E-state index >= 15 is 0 Å². The molecule has 0 bridgehead atoms. The van der Waals surface area contributed by atoms with Crippen LogP contribution in [0.4, 0.5) is 0 Å². The number of hydrogen-bond donors (Lipinski definition) is 11. The topological polar surface area (TPSA) is 402 Å². The van der Waals surface area contributed by atoms with E-state index in [2.05, 4.69) is 0 Å². The molecule has 418 valence electrons. The smallest absolute Gasteiger partial charge is 0.337 e. The first-order valence-corrected chi connectivity index (χ1v) is 23.7. The van der Waals surface area contributed by atoms with Crippen LogP contribution in [0.15, 0.2) is 71.2 Å². The molecule has 0 saturated carbocycles. The molecule has 0 unspecified atom stereocenters. The van der Waals surface area contributed by atoms with Crippen LogP contribution in [0.2, 0.25) is 0 Å². The zero-order valence-electron chi connectivity index (χ0n) is 41.0. The Morgan fingerprint density at radius 3 is 1.49 bits per heavy atom. The van der Waals surface area contributed by atoms with E-state index in [0.29, 0.717) is 5.56 Å². The van der Waals surface area contributed by atoms with Gasteiger partial charge in [0.15, 0.2) is 25.0 Å². The molecule has 0 spiro atoms. The molecule has 0 radical (unpaired) electrons. The Labute approximate surface area is 428 Å². The van der Waals surface area contributed by atoms with E-state index in [-0.39, 0.29) is 41.1 Å². The minimum atomic E-state index is -2.00. The Morgan fingerprint density at radius 1 is 0.587 bits per heavy atom. The first-order valence-electron chi connectivity index (χ1n) is 23.7. The molecule has 1 aromatic rings. The van der Waals surface area contributed by atoms with Gasteiger partial charge >= 0.3 is 23.9 Å². The van der Waals surface area contributed by atoms with Crippen LogP contribution in [0.1, 0.15) is 32.3 Å². The summed E-state index contributed by atoms with van der Waals surface area (Å²) in [5, 5.41) is 114. The monoisotopic (exact) mass is 1070 g/mol. The summed E-state index contributed by atoms with van der Waals surface area (Å²) in [5.74, 6) is -6.43. The van der Waals surface area contributed by atoms with Crippen molar-refractivity contribution in [1.82, 2.24) is 0 Å². The third-order valence-electron chi connectivity index (χ3n) is 13.1. The number of rotatable bonds is 19. The number of ether oxygens (including phenoxy) is 12. The Balaban J connectivity index is 1.17. The summed E-state index contributed by atoms with van der Waals surface area (Å²) in [5.41, 5.74) is 0.466. The summed E-state index contributed by atoms with van der Waals surface area (Å²) in [4.78, 5) is 53.6. The van der Waals surface area contributed by atoms with Crippen LogP contribution >= 0.6 is 0 Å². The fourth-order valence-corrected chi connectivity index (χ4v) is 8.88. The summed E-state index contributed by atoms with van der Waals surface area (Å²) in [6.45, 7) is 0.552. The maximum absolute atomic E-state index is 14.0. The number of esters is 4. The van der Waals surface area contributed by atoms with Crippen LogP contribution < -0.4 is 0 Å². The first kappa shape index (κ1) is 59.1. The summed E-state index contributed by atoms with van der Waals surface area (Å²) in [6.07, 6.45) is -25.2. The number of aliphatic hydroxyl groups excluding tert-OH is 10. The Morgan fingerprint density at radius 2 is 1.04 bits per heavy atom. The second-order valence-corrected chi connectivity index (χ2v) is 17.8. The van der Waals surface area contributed by atoms with E-state index in [4.69, 9.17) is 56.8 Å². The van der Waals surface area contributed by atoms with Crippen LogP contribution in [0, 0.1) is 11.8 Å². The number of phenolic OH excluding ortho intramolecular Hbond substituents is 1. The average molecular weight is 1070 g/mol. The van der Waals surface area contributed by atoms with Gasteiger partial charge in [-0.15, -0.1) is 0 Å². The first-order chi connectivity index (χ1) is 35.8. The van der Waals surface area contributed by atoms with Crippen LogP contribution in [-0.4, -0.2) is 225 Å². The van der Waals surface area contributed by atoms with Crippen LogP contribution in [0.3, 0.4) is 0 Å². The Kier molecular flexibility index (Phi) is 21.1. The fourth-order valence-electron chi connectivity index (χ4n) is 8.88. The molecule has 1 aromatic carbocycles. The van der Waals surface area contributed by atoms with Gasteiger partial charge in [-0.05, 0) is 38.0 Å². The van der Waals surface area contributed by atoms with Crippen molar-refractivity contribution in [1.29, 1.82) is 0 Å². The zero-order chi connectivity index (χ0) is 54.8. The predicted molar refractivity (Wildman–Crippen MR) is 243 cm³/mol. The van der Waals surface area contributed by atoms with Gasteiger partial charge in [-0.2, -0.15) is 0 Å². The van der Waals surface area contributed by atoms with E-state index in [1.165, 1.54) is 38.1 Å². The largest absolute Gasteiger partial charge is 0.508 e. The second kappa shape index (κ2) is 26.7. The Bertz CT molecular complexity index is 2230. The van der Waals surface area contributed by atoms with Crippen molar-refractivity contribution in [3.05, 3.63) is 76.8 Å². The highest BCUT2D eigenvalue weighted by atomic mass is 16.8. The molecule has 0 aromatic heterocycles. The SMILES string of the molecule is CC=C1[C@H](O[C@@H]2O[C@H](CO)[C@@H](O)[C@H](O)[C@H]2O)OC=C(C(=O)OC)[C@H]1CC(=O)OC[C@H]1O[C@@H](OCCc2ccc(O)cc2)[C@H](OC(=O)C[C@@H]2C(C(=O)OC)=CO[C@@H](O[C@@H]3O[C@H](CO)[C@@H](O)[C@H](O)[C@H]3O)C2=CC)[C@@H](O)[C@@H]1O. The van der Waals surface area contributed by atoms with Gasteiger partial charge in [0.25, 0.3) is 0 Å². The van der Waals surface area contributed by atoms with Gasteiger partial charge in [0.2, 0.25) is 12.6 Å². The number of hydrogen-bond acceptors (Lipinski definition) is 27. The number of aromatic hydroxyl groups is 1. The molecule has 6 rings (SSSR count). The number of aliphatic hydroxyl groups is 10. The number of phenols is 1. The molecule has 0 aliphatic carbocycles. The second-order valence-electron chi connectivity index (χ2n) is 17.8. The van der Waals surface area contributed by atoms with Gasteiger partial charge in [0.1, 0.15) is 79.5 Å². The molecule has 0 amide bonds. The van der Waals surface area contributed by atoms with Crippen molar-refractivity contribution in [3.8, 4) is 5.75 Å². The van der Waals surface area contributed by atoms with Gasteiger partial charge in [-0.3, -0.25) is 9.59 Å². The number of carbonyl (C=O) groups excluding carboxylic acids is 4. The van der Waals surface area contributed by atoms with Crippen LogP contribution in [-0.2, 0) is 82.4 Å². The van der Waals surface area contributed by atoms with Gasteiger partial charge < -0.3 is 113 Å². The molecule has 5 aliphatic heterocycles. The van der Waals surface area contributed by atoms with Crippen molar-refractivity contribution in [2.75, 3.05) is 40.6 Å². The Hall–Kier alpha value is -5.18.